The van der Waals surface area contributed by atoms with Crippen molar-refractivity contribution >= 4 is 5.96 Å². The maximum Gasteiger partial charge on any atom is 0.206 e. The molecular weight excluding hydrogens is 176 g/mol. The molecule has 0 bridgehead atoms. The van der Waals surface area contributed by atoms with E-state index in [0.29, 0.717) is 12.1 Å². The summed E-state index contributed by atoms with van der Waals surface area (Å²) in [5, 5.41) is 3.35. The van der Waals surface area contributed by atoms with E-state index in [1.165, 1.54) is 32.1 Å². The van der Waals surface area contributed by atoms with E-state index in [9.17, 15) is 0 Å². The Morgan fingerprint density at radius 3 is 2.50 bits per heavy atom. The van der Waals surface area contributed by atoms with Crippen molar-refractivity contribution in [1.29, 1.82) is 0 Å². The largest absolute Gasteiger partial charge is 0.353 e. The van der Waals surface area contributed by atoms with Crippen molar-refractivity contribution in [1.82, 2.24) is 10.7 Å². The first-order chi connectivity index (χ1) is 6.79. The standard InChI is InChI=1S/C10H20N4/c1-7(8-3-2-4-8)12-10(14-11)13-9-5-6-9/h7-9H,2-6,11H2,1H3,(H2,12,13,14). The van der Waals surface area contributed by atoms with Crippen molar-refractivity contribution < 1.29 is 0 Å². The lowest BCUT2D eigenvalue weighted by molar-refractivity contribution is 0.257. The Kier molecular flexibility index (Phi) is 2.91. The molecule has 0 heterocycles. The monoisotopic (exact) mass is 196 g/mol. The Hall–Kier alpha value is -0.770. The molecule has 2 fully saturated rings. The molecule has 14 heavy (non-hydrogen) atoms. The second kappa shape index (κ2) is 4.17. The first-order valence-electron chi connectivity index (χ1n) is 5.60. The summed E-state index contributed by atoms with van der Waals surface area (Å²) in [5.74, 6) is 7.00. The van der Waals surface area contributed by atoms with E-state index in [-0.39, 0.29) is 0 Å². The van der Waals surface area contributed by atoms with E-state index < -0.39 is 0 Å². The van der Waals surface area contributed by atoms with Crippen LogP contribution in [0.4, 0.5) is 0 Å². The fraction of sp³-hybridized carbons (Fsp3) is 0.900. The number of hydrogen-bond acceptors (Lipinski definition) is 2. The van der Waals surface area contributed by atoms with Crippen LogP contribution in [0.3, 0.4) is 0 Å². The Morgan fingerprint density at radius 1 is 1.36 bits per heavy atom. The summed E-state index contributed by atoms with van der Waals surface area (Å²) >= 11 is 0. The molecule has 4 heteroatoms. The zero-order valence-electron chi connectivity index (χ0n) is 8.79. The summed E-state index contributed by atoms with van der Waals surface area (Å²) in [5.41, 5.74) is 2.65. The molecule has 2 aliphatic rings. The summed E-state index contributed by atoms with van der Waals surface area (Å²) in [6.45, 7) is 2.21. The molecule has 0 saturated heterocycles. The number of rotatable bonds is 3. The smallest absolute Gasteiger partial charge is 0.206 e. The average Bonchev–Trinajstić information content (AvgIpc) is 2.83. The molecule has 0 aromatic rings. The van der Waals surface area contributed by atoms with Gasteiger partial charge in [-0.25, -0.2) is 10.8 Å². The van der Waals surface area contributed by atoms with E-state index >= 15 is 0 Å². The molecule has 0 spiro atoms. The third kappa shape index (κ3) is 2.38. The topological polar surface area (TPSA) is 62.4 Å². The molecule has 0 amide bonds. The van der Waals surface area contributed by atoms with Crippen LogP contribution in [0.2, 0.25) is 0 Å². The minimum absolute atomic E-state index is 0.497. The second-order valence-corrected chi connectivity index (χ2v) is 4.48. The van der Waals surface area contributed by atoms with Gasteiger partial charge in [0.2, 0.25) is 5.96 Å². The van der Waals surface area contributed by atoms with Crippen LogP contribution in [-0.4, -0.2) is 18.0 Å². The van der Waals surface area contributed by atoms with Gasteiger partial charge in [0.05, 0.1) is 6.04 Å². The highest BCUT2D eigenvalue weighted by Crippen LogP contribution is 2.29. The van der Waals surface area contributed by atoms with Gasteiger partial charge in [-0.05, 0) is 38.5 Å². The van der Waals surface area contributed by atoms with Gasteiger partial charge in [0, 0.05) is 6.04 Å². The molecule has 1 atom stereocenters. The fourth-order valence-electron chi connectivity index (χ4n) is 1.78. The summed E-state index contributed by atoms with van der Waals surface area (Å²) in [6.07, 6.45) is 6.49. The van der Waals surface area contributed by atoms with E-state index in [0.717, 1.165) is 11.9 Å². The van der Waals surface area contributed by atoms with Gasteiger partial charge in [0.1, 0.15) is 0 Å². The van der Waals surface area contributed by atoms with E-state index in [4.69, 9.17) is 5.84 Å². The molecule has 2 rings (SSSR count). The number of guanidine groups is 1. The molecule has 1 unspecified atom stereocenters. The number of nitrogens with zero attached hydrogens (tertiary/aromatic N) is 1. The van der Waals surface area contributed by atoms with Crippen LogP contribution < -0.4 is 16.6 Å². The van der Waals surface area contributed by atoms with Crippen LogP contribution >= 0.6 is 0 Å². The van der Waals surface area contributed by atoms with Crippen molar-refractivity contribution in [3.8, 4) is 0 Å². The molecule has 0 aromatic carbocycles. The highest BCUT2D eigenvalue weighted by molar-refractivity contribution is 5.79. The number of hydrazine groups is 1. The van der Waals surface area contributed by atoms with Crippen molar-refractivity contribution in [2.75, 3.05) is 0 Å². The Morgan fingerprint density at radius 2 is 2.07 bits per heavy atom. The van der Waals surface area contributed by atoms with Gasteiger partial charge in [-0.1, -0.05) is 6.42 Å². The molecule has 4 N–H and O–H groups in total. The van der Waals surface area contributed by atoms with Crippen molar-refractivity contribution in [2.24, 2.45) is 16.8 Å². The van der Waals surface area contributed by atoms with Gasteiger partial charge in [-0.3, -0.25) is 5.43 Å². The van der Waals surface area contributed by atoms with Crippen molar-refractivity contribution in [2.45, 2.75) is 51.1 Å². The Bertz CT molecular complexity index is 218. The molecule has 2 saturated carbocycles. The summed E-state index contributed by atoms with van der Waals surface area (Å²) < 4.78 is 0. The second-order valence-electron chi connectivity index (χ2n) is 4.48. The molecule has 0 aromatic heterocycles. The predicted octanol–water partition coefficient (Wildman–Crippen LogP) is 0.746. The highest BCUT2D eigenvalue weighted by atomic mass is 15.3. The first-order valence-corrected chi connectivity index (χ1v) is 5.60. The van der Waals surface area contributed by atoms with Gasteiger partial charge in [0.25, 0.3) is 0 Å². The Balaban J connectivity index is 1.80. The van der Waals surface area contributed by atoms with Crippen LogP contribution in [0.25, 0.3) is 0 Å². The lowest BCUT2D eigenvalue weighted by Crippen LogP contribution is -2.49. The maximum atomic E-state index is 5.41. The molecule has 0 radical (unpaired) electrons. The van der Waals surface area contributed by atoms with Crippen LogP contribution in [-0.2, 0) is 0 Å². The SMILES string of the molecule is CC(NC(=NC1CC1)NN)C1CCC1. The van der Waals surface area contributed by atoms with Crippen LogP contribution in [0.15, 0.2) is 4.99 Å². The molecule has 2 aliphatic carbocycles. The van der Waals surface area contributed by atoms with Gasteiger partial charge in [-0.2, -0.15) is 0 Å². The third-order valence-electron chi connectivity index (χ3n) is 3.22. The molecule has 80 valence electrons. The molecule has 0 aliphatic heterocycles. The minimum Gasteiger partial charge on any atom is -0.353 e. The quantitative estimate of drug-likeness (QED) is 0.270. The first kappa shape index (κ1) is 9.77. The Labute approximate surface area is 85.3 Å². The number of hydrogen-bond donors (Lipinski definition) is 3. The van der Waals surface area contributed by atoms with Gasteiger partial charge >= 0.3 is 0 Å². The van der Waals surface area contributed by atoms with Crippen LogP contribution in [0.5, 0.6) is 0 Å². The molecule has 4 nitrogen and oxygen atoms in total. The highest BCUT2D eigenvalue weighted by Gasteiger charge is 2.25. The fourth-order valence-corrected chi connectivity index (χ4v) is 1.78. The van der Waals surface area contributed by atoms with Crippen LogP contribution in [0, 0.1) is 5.92 Å². The van der Waals surface area contributed by atoms with E-state index in [1.807, 2.05) is 0 Å². The lowest BCUT2D eigenvalue weighted by atomic mass is 9.80. The lowest BCUT2D eigenvalue weighted by Gasteiger charge is -2.32. The van der Waals surface area contributed by atoms with Gasteiger partial charge in [0.15, 0.2) is 0 Å². The average molecular weight is 196 g/mol. The predicted molar refractivity (Wildman–Crippen MR) is 57.7 cm³/mol. The zero-order chi connectivity index (χ0) is 9.97. The maximum absolute atomic E-state index is 5.41. The van der Waals surface area contributed by atoms with E-state index in [2.05, 4.69) is 22.7 Å². The van der Waals surface area contributed by atoms with Crippen molar-refractivity contribution in [3.63, 3.8) is 0 Å². The number of nitrogens with two attached hydrogens (primary N) is 1. The number of aliphatic imine (C=N–C) groups is 1. The normalized spacial score (nSPS) is 25.4. The van der Waals surface area contributed by atoms with Crippen molar-refractivity contribution in [3.05, 3.63) is 0 Å². The number of nitrogens with one attached hydrogen (secondary N) is 2. The molecular formula is C10H20N4. The van der Waals surface area contributed by atoms with Gasteiger partial charge < -0.3 is 5.32 Å². The zero-order valence-corrected chi connectivity index (χ0v) is 8.79. The summed E-state index contributed by atoms with van der Waals surface area (Å²) in [4.78, 5) is 4.46. The van der Waals surface area contributed by atoms with Gasteiger partial charge in [-0.15, -0.1) is 0 Å². The summed E-state index contributed by atoms with van der Waals surface area (Å²) in [6, 6.07) is 1.01. The summed E-state index contributed by atoms with van der Waals surface area (Å²) in [7, 11) is 0. The van der Waals surface area contributed by atoms with E-state index in [1.54, 1.807) is 0 Å². The van der Waals surface area contributed by atoms with Crippen LogP contribution in [0.1, 0.15) is 39.0 Å². The third-order valence-corrected chi connectivity index (χ3v) is 3.22. The minimum atomic E-state index is 0.497.